The molecular formula is C16H21N5O. The Morgan fingerprint density at radius 1 is 1.32 bits per heavy atom. The van der Waals surface area contributed by atoms with Crippen molar-refractivity contribution in [2.24, 2.45) is 5.10 Å². The third-order valence-electron chi connectivity index (χ3n) is 3.56. The average Bonchev–Trinajstić information content (AvgIpc) is 2.82. The quantitative estimate of drug-likeness (QED) is 0.448. The number of H-pyrrole nitrogens is 1. The lowest BCUT2D eigenvalue weighted by molar-refractivity contribution is -0.121. The number of hydrazone groups is 1. The highest BCUT2D eigenvalue weighted by atomic mass is 16.2. The fraction of sp³-hybridized carbons (Fsp3) is 0.312. The van der Waals surface area contributed by atoms with Gasteiger partial charge < -0.3 is 5.73 Å². The third-order valence-corrected chi connectivity index (χ3v) is 3.56. The standard InChI is InChI=1S/C16H21N5O/c1-10(13-4-6-14(17)7-5-13)18-21-16(22)9-8-15-11(2)19-20-12(15)3/h4-7H,8-9,17H2,1-3H3,(H,19,20)(H,21,22)/b18-10-. The smallest absolute Gasteiger partial charge is 0.240 e. The molecule has 0 aliphatic rings. The zero-order valence-corrected chi connectivity index (χ0v) is 13.1. The van der Waals surface area contributed by atoms with Crippen LogP contribution in [0.2, 0.25) is 0 Å². The van der Waals surface area contributed by atoms with E-state index in [9.17, 15) is 4.79 Å². The molecule has 0 saturated carbocycles. The molecule has 0 spiro atoms. The number of nitrogens with one attached hydrogen (secondary N) is 2. The van der Waals surface area contributed by atoms with E-state index in [1.54, 1.807) is 12.1 Å². The number of amides is 1. The molecule has 2 aromatic rings. The van der Waals surface area contributed by atoms with Gasteiger partial charge >= 0.3 is 0 Å². The highest BCUT2D eigenvalue weighted by Crippen LogP contribution is 2.11. The summed E-state index contributed by atoms with van der Waals surface area (Å²) in [5.41, 5.74) is 13.6. The van der Waals surface area contributed by atoms with Crippen LogP contribution in [-0.2, 0) is 11.2 Å². The van der Waals surface area contributed by atoms with Crippen LogP contribution in [0.5, 0.6) is 0 Å². The molecule has 1 amide bonds. The van der Waals surface area contributed by atoms with Gasteiger partial charge in [0.25, 0.3) is 0 Å². The number of nitrogens with zero attached hydrogens (tertiary/aromatic N) is 2. The first-order chi connectivity index (χ1) is 10.5. The van der Waals surface area contributed by atoms with Gasteiger partial charge in [-0.1, -0.05) is 12.1 Å². The van der Waals surface area contributed by atoms with Gasteiger partial charge in [0.05, 0.1) is 11.4 Å². The van der Waals surface area contributed by atoms with Crippen LogP contribution >= 0.6 is 0 Å². The number of nitrogen functional groups attached to an aromatic ring is 1. The Kier molecular flexibility index (Phi) is 4.93. The van der Waals surface area contributed by atoms with E-state index >= 15 is 0 Å². The maximum atomic E-state index is 11.9. The molecule has 6 nitrogen and oxygen atoms in total. The lowest BCUT2D eigenvalue weighted by atomic mass is 10.1. The zero-order chi connectivity index (χ0) is 16.1. The number of hydrogen-bond donors (Lipinski definition) is 3. The Morgan fingerprint density at radius 3 is 2.59 bits per heavy atom. The van der Waals surface area contributed by atoms with E-state index in [2.05, 4.69) is 20.7 Å². The van der Waals surface area contributed by atoms with Gasteiger partial charge in [-0.25, -0.2) is 5.43 Å². The number of carbonyl (C=O) groups is 1. The van der Waals surface area contributed by atoms with E-state index in [-0.39, 0.29) is 5.91 Å². The Bertz CT molecular complexity index is 666. The van der Waals surface area contributed by atoms with E-state index in [0.29, 0.717) is 18.5 Å². The lowest BCUT2D eigenvalue weighted by Gasteiger charge is -2.04. The minimum atomic E-state index is -0.116. The van der Waals surface area contributed by atoms with E-state index in [4.69, 9.17) is 5.73 Å². The molecule has 0 fully saturated rings. The molecule has 1 aromatic heterocycles. The van der Waals surface area contributed by atoms with E-state index < -0.39 is 0 Å². The fourth-order valence-electron chi connectivity index (χ4n) is 2.17. The van der Waals surface area contributed by atoms with Gasteiger partial charge in [0.2, 0.25) is 5.91 Å². The van der Waals surface area contributed by atoms with Crippen LogP contribution in [-0.4, -0.2) is 21.8 Å². The third kappa shape index (κ3) is 3.94. The number of aromatic amines is 1. The van der Waals surface area contributed by atoms with Crippen LogP contribution in [0.3, 0.4) is 0 Å². The molecule has 1 heterocycles. The topological polar surface area (TPSA) is 96.2 Å². The summed E-state index contributed by atoms with van der Waals surface area (Å²) in [6.45, 7) is 5.73. The molecule has 0 aliphatic carbocycles. The maximum Gasteiger partial charge on any atom is 0.240 e. The molecule has 0 atom stereocenters. The van der Waals surface area contributed by atoms with Crippen molar-refractivity contribution < 1.29 is 4.79 Å². The van der Waals surface area contributed by atoms with Crippen molar-refractivity contribution in [2.75, 3.05) is 5.73 Å². The summed E-state index contributed by atoms with van der Waals surface area (Å²) in [5.74, 6) is -0.116. The molecule has 0 aliphatic heterocycles. The van der Waals surface area contributed by atoms with Gasteiger partial charge in [-0.3, -0.25) is 9.89 Å². The van der Waals surface area contributed by atoms with Crippen molar-refractivity contribution >= 4 is 17.3 Å². The molecule has 0 saturated heterocycles. The van der Waals surface area contributed by atoms with Gasteiger partial charge in [0, 0.05) is 17.8 Å². The number of aromatic nitrogens is 2. The summed E-state index contributed by atoms with van der Waals surface area (Å²) in [6, 6.07) is 7.36. The number of hydrogen-bond acceptors (Lipinski definition) is 4. The predicted molar refractivity (Wildman–Crippen MR) is 87.6 cm³/mol. The van der Waals surface area contributed by atoms with Crippen molar-refractivity contribution in [1.82, 2.24) is 15.6 Å². The Morgan fingerprint density at radius 2 is 2.00 bits per heavy atom. The second-order valence-corrected chi connectivity index (χ2v) is 5.27. The van der Waals surface area contributed by atoms with Crippen LogP contribution in [0.25, 0.3) is 0 Å². The van der Waals surface area contributed by atoms with Crippen molar-refractivity contribution in [3.63, 3.8) is 0 Å². The van der Waals surface area contributed by atoms with E-state index in [1.807, 2.05) is 32.9 Å². The number of carbonyl (C=O) groups excluding carboxylic acids is 1. The minimum absolute atomic E-state index is 0.116. The molecule has 22 heavy (non-hydrogen) atoms. The first-order valence-corrected chi connectivity index (χ1v) is 7.17. The Hall–Kier alpha value is -2.63. The van der Waals surface area contributed by atoms with E-state index in [0.717, 1.165) is 28.2 Å². The molecule has 0 radical (unpaired) electrons. The molecule has 0 bridgehead atoms. The molecule has 1 aromatic carbocycles. The predicted octanol–water partition coefficient (Wildman–Crippen LogP) is 2.08. The van der Waals surface area contributed by atoms with Gasteiger partial charge in [-0.2, -0.15) is 10.2 Å². The zero-order valence-electron chi connectivity index (χ0n) is 13.1. The number of nitrogens with two attached hydrogens (primary N) is 1. The molecule has 4 N–H and O–H groups in total. The van der Waals surface area contributed by atoms with Crippen molar-refractivity contribution in [1.29, 1.82) is 0 Å². The Labute approximate surface area is 129 Å². The van der Waals surface area contributed by atoms with Crippen molar-refractivity contribution in [3.8, 4) is 0 Å². The minimum Gasteiger partial charge on any atom is -0.399 e. The first-order valence-electron chi connectivity index (χ1n) is 7.17. The summed E-state index contributed by atoms with van der Waals surface area (Å²) in [6.07, 6.45) is 1.02. The van der Waals surface area contributed by atoms with Crippen LogP contribution < -0.4 is 11.2 Å². The highest BCUT2D eigenvalue weighted by molar-refractivity contribution is 5.99. The second-order valence-electron chi connectivity index (χ2n) is 5.27. The molecule has 6 heteroatoms. The molecule has 116 valence electrons. The lowest BCUT2D eigenvalue weighted by Crippen LogP contribution is -2.19. The fourth-order valence-corrected chi connectivity index (χ4v) is 2.17. The molecular weight excluding hydrogens is 278 g/mol. The summed E-state index contributed by atoms with van der Waals surface area (Å²) in [5, 5.41) is 11.2. The molecule has 2 rings (SSSR count). The number of aryl methyl sites for hydroxylation is 2. The number of benzene rings is 1. The largest absolute Gasteiger partial charge is 0.399 e. The summed E-state index contributed by atoms with van der Waals surface area (Å²) < 4.78 is 0. The maximum absolute atomic E-state index is 11.9. The van der Waals surface area contributed by atoms with Crippen LogP contribution in [0, 0.1) is 13.8 Å². The van der Waals surface area contributed by atoms with E-state index in [1.165, 1.54) is 0 Å². The summed E-state index contributed by atoms with van der Waals surface area (Å²) in [7, 11) is 0. The van der Waals surface area contributed by atoms with Gasteiger partial charge in [-0.15, -0.1) is 0 Å². The number of rotatable bonds is 5. The Balaban J connectivity index is 1.89. The summed E-state index contributed by atoms with van der Waals surface area (Å²) in [4.78, 5) is 11.9. The van der Waals surface area contributed by atoms with Crippen LogP contribution in [0.1, 0.15) is 35.9 Å². The van der Waals surface area contributed by atoms with Gasteiger partial charge in [-0.05, 0) is 50.5 Å². The number of anilines is 1. The van der Waals surface area contributed by atoms with Crippen molar-refractivity contribution in [3.05, 3.63) is 46.8 Å². The monoisotopic (exact) mass is 299 g/mol. The summed E-state index contributed by atoms with van der Waals surface area (Å²) >= 11 is 0. The second kappa shape index (κ2) is 6.89. The highest BCUT2D eigenvalue weighted by Gasteiger charge is 2.09. The van der Waals surface area contributed by atoms with Gasteiger partial charge in [0.1, 0.15) is 0 Å². The average molecular weight is 299 g/mol. The van der Waals surface area contributed by atoms with Crippen LogP contribution in [0.4, 0.5) is 5.69 Å². The normalized spacial score (nSPS) is 11.5. The molecule has 0 unspecified atom stereocenters. The SMILES string of the molecule is C/C(=N/NC(=O)CCc1c(C)n[nH]c1C)c1ccc(N)cc1. The van der Waals surface area contributed by atoms with Crippen molar-refractivity contribution in [2.45, 2.75) is 33.6 Å². The first kappa shape index (κ1) is 15.8. The van der Waals surface area contributed by atoms with Crippen LogP contribution in [0.15, 0.2) is 29.4 Å². The van der Waals surface area contributed by atoms with Gasteiger partial charge in [0.15, 0.2) is 0 Å².